The van der Waals surface area contributed by atoms with Crippen LogP contribution in [0.4, 0.5) is 0 Å². The van der Waals surface area contributed by atoms with E-state index in [1.54, 1.807) is 0 Å². The predicted molar refractivity (Wildman–Crippen MR) is 89.8 cm³/mol. The number of hydrogen-bond acceptors (Lipinski definition) is 1. The second-order valence-electron chi connectivity index (χ2n) is 7.57. The molecule has 20 heavy (non-hydrogen) atoms. The van der Waals surface area contributed by atoms with E-state index in [-0.39, 0.29) is 5.04 Å². The molecule has 0 N–H and O–H groups in total. The van der Waals surface area contributed by atoms with Gasteiger partial charge in [-0.25, -0.2) is 0 Å². The molecular weight excluding hydrogens is 260 g/mol. The zero-order valence-corrected chi connectivity index (χ0v) is 14.7. The Morgan fingerprint density at radius 3 is 2.05 bits per heavy atom. The fourth-order valence-electron chi connectivity index (χ4n) is 2.52. The predicted octanol–water partition coefficient (Wildman–Crippen LogP) is 5.93. The highest BCUT2D eigenvalue weighted by molar-refractivity contribution is 6.74. The van der Waals surface area contributed by atoms with Gasteiger partial charge in [0.05, 0.1) is 0 Å². The molecule has 0 atom stereocenters. The average Bonchev–Trinajstić information content (AvgIpc) is 2.39. The van der Waals surface area contributed by atoms with Gasteiger partial charge in [-0.05, 0) is 73.9 Å². The van der Waals surface area contributed by atoms with Crippen molar-refractivity contribution >= 4 is 8.32 Å². The standard InChI is InChI=1S/C18H29OSi/c1-18(2,3)20(4,5)19-17-13-11-16(12-14-17)15-9-7-6-8-10-15/h6,11-15H,7-10H2,1-5H3. The van der Waals surface area contributed by atoms with Crippen molar-refractivity contribution in [3.05, 3.63) is 36.2 Å². The largest absolute Gasteiger partial charge is 0.544 e. The highest BCUT2D eigenvalue weighted by Gasteiger charge is 2.38. The van der Waals surface area contributed by atoms with Crippen molar-refractivity contribution in [2.45, 2.75) is 70.5 Å². The topological polar surface area (TPSA) is 9.23 Å². The molecule has 0 aliphatic heterocycles. The molecule has 1 aliphatic rings. The lowest BCUT2D eigenvalue weighted by atomic mass is 9.84. The van der Waals surface area contributed by atoms with Crippen LogP contribution in [0, 0.1) is 6.42 Å². The van der Waals surface area contributed by atoms with Crippen molar-refractivity contribution in [1.29, 1.82) is 0 Å². The first-order valence-corrected chi connectivity index (χ1v) is 10.8. The van der Waals surface area contributed by atoms with Crippen LogP contribution in [-0.4, -0.2) is 8.32 Å². The minimum Gasteiger partial charge on any atom is -0.544 e. The molecule has 1 radical (unpaired) electrons. The van der Waals surface area contributed by atoms with Crippen LogP contribution in [0.1, 0.15) is 57.9 Å². The first kappa shape index (κ1) is 15.6. The molecule has 1 aromatic rings. The van der Waals surface area contributed by atoms with Gasteiger partial charge in [-0.15, -0.1) is 0 Å². The van der Waals surface area contributed by atoms with Crippen molar-refractivity contribution in [3.63, 3.8) is 0 Å². The van der Waals surface area contributed by atoms with Gasteiger partial charge in [-0.1, -0.05) is 32.9 Å². The Labute approximate surface area is 125 Å². The molecule has 1 fully saturated rings. The van der Waals surface area contributed by atoms with Gasteiger partial charge in [0.15, 0.2) is 0 Å². The summed E-state index contributed by atoms with van der Waals surface area (Å²) in [5.74, 6) is 1.80. The Kier molecular flexibility index (Phi) is 4.63. The molecular formula is C18H29OSi. The summed E-state index contributed by atoms with van der Waals surface area (Å²) < 4.78 is 6.34. The van der Waals surface area contributed by atoms with E-state index in [0.29, 0.717) is 0 Å². The molecule has 1 saturated carbocycles. The summed E-state index contributed by atoms with van der Waals surface area (Å²) in [6.07, 6.45) is 7.58. The SMILES string of the molecule is CC(C)(C)[Si](C)(C)Oc1ccc(C2CC[CH]CC2)cc1. The van der Waals surface area contributed by atoms with Gasteiger partial charge < -0.3 is 4.43 Å². The first-order chi connectivity index (χ1) is 9.29. The molecule has 0 amide bonds. The van der Waals surface area contributed by atoms with Crippen molar-refractivity contribution in [1.82, 2.24) is 0 Å². The van der Waals surface area contributed by atoms with E-state index in [4.69, 9.17) is 4.43 Å². The van der Waals surface area contributed by atoms with Crippen LogP contribution in [0.5, 0.6) is 5.75 Å². The van der Waals surface area contributed by atoms with Gasteiger partial charge in [0.2, 0.25) is 8.32 Å². The Morgan fingerprint density at radius 2 is 1.55 bits per heavy atom. The molecule has 2 heteroatoms. The Balaban J connectivity index is 2.05. The Bertz CT molecular complexity index is 422. The molecule has 0 saturated heterocycles. The lowest BCUT2D eigenvalue weighted by Crippen LogP contribution is -2.43. The normalized spacial score (nSPS) is 18.1. The molecule has 0 spiro atoms. The van der Waals surface area contributed by atoms with Gasteiger partial charge >= 0.3 is 0 Å². The molecule has 1 aliphatic carbocycles. The fourth-order valence-corrected chi connectivity index (χ4v) is 3.55. The fraction of sp³-hybridized carbons (Fsp3) is 0.611. The summed E-state index contributed by atoms with van der Waals surface area (Å²) in [7, 11) is -1.71. The van der Waals surface area contributed by atoms with Crippen LogP contribution < -0.4 is 4.43 Å². The van der Waals surface area contributed by atoms with E-state index in [1.165, 1.54) is 31.2 Å². The van der Waals surface area contributed by atoms with Crippen LogP contribution in [-0.2, 0) is 0 Å². The van der Waals surface area contributed by atoms with Crippen LogP contribution >= 0.6 is 0 Å². The number of benzene rings is 1. The summed E-state index contributed by atoms with van der Waals surface area (Å²) in [4.78, 5) is 0. The highest BCUT2D eigenvalue weighted by atomic mass is 28.4. The molecule has 2 rings (SSSR count). The third-order valence-electron chi connectivity index (χ3n) is 4.97. The van der Waals surface area contributed by atoms with Gasteiger partial charge in [-0.3, -0.25) is 0 Å². The summed E-state index contributed by atoms with van der Waals surface area (Å²) in [5.41, 5.74) is 1.49. The van der Waals surface area contributed by atoms with Crippen LogP contribution in [0.25, 0.3) is 0 Å². The first-order valence-electron chi connectivity index (χ1n) is 7.90. The quantitative estimate of drug-likeness (QED) is 0.626. The Morgan fingerprint density at radius 1 is 1.00 bits per heavy atom. The van der Waals surface area contributed by atoms with Gasteiger partial charge in [0.1, 0.15) is 5.75 Å². The second kappa shape index (κ2) is 5.93. The zero-order valence-electron chi connectivity index (χ0n) is 13.7. The van der Waals surface area contributed by atoms with Crippen molar-refractivity contribution in [2.75, 3.05) is 0 Å². The average molecular weight is 290 g/mol. The summed E-state index contributed by atoms with van der Waals surface area (Å²) in [5, 5.41) is 0.255. The van der Waals surface area contributed by atoms with Gasteiger partial charge in [0.25, 0.3) is 0 Å². The van der Waals surface area contributed by atoms with E-state index in [1.807, 2.05) is 0 Å². The van der Waals surface area contributed by atoms with Crippen molar-refractivity contribution in [3.8, 4) is 5.75 Å². The maximum Gasteiger partial charge on any atom is 0.250 e. The molecule has 1 nitrogen and oxygen atoms in total. The van der Waals surface area contributed by atoms with Gasteiger partial charge in [0, 0.05) is 0 Å². The van der Waals surface area contributed by atoms with E-state index >= 15 is 0 Å². The molecule has 0 bridgehead atoms. The third-order valence-corrected chi connectivity index (χ3v) is 9.33. The van der Waals surface area contributed by atoms with E-state index in [2.05, 4.69) is 64.6 Å². The molecule has 0 aromatic heterocycles. The molecule has 111 valence electrons. The second-order valence-corrected chi connectivity index (χ2v) is 12.3. The van der Waals surface area contributed by atoms with Crippen LogP contribution in [0.15, 0.2) is 24.3 Å². The minimum atomic E-state index is -1.71. The number of hydrogen-bond donors (Lipinski definition) is 0. The summed E-state index contributed by atoms with van der Waals surface area (Å²) in [6, 6.07) is 8.90. The monoisotopic (exact) mass is 289 g/mol. The van der Waals surface area contributed by atoms with E-state index < -0.39 is 8.32 Å². The van der Waals surface area contributed by atoms with Crippen molar-refractivity contribution < 1.29 is 4.43 Å². The smallest absolute Gasteiger partial charge is 0.250 e. The van der Waals surface area contributed by atoms with Crippen molar-refractivity contribution in [2.24, 2.45) is 0 Å². The zero-order chi connectivity index (χ0) is 14.8. The lowest BCUT2D eigenvalue weighted by Gasteiger charge is -2.36. The van der Waals surface area contributed by atoms with Crippen LogP contribution in [0.2, 0.25) is 18.1 Å². The maximum absolute atomic E-state index is 6.34. The third kappa shape index (κ3) is 3.66. The van der Waals surface area contributed by atoms with Gasteiger partial charge in [-0.2, -0.15) is 0 Å². The minimum absolute atomic E-state index is 0.255. The Hall–Kier alpha value is -0.763. The summed E-state index contributed by atoms with van der Waals surface area (Å²) in [6.45, 7) is 11.5. The highest BCUT2D eigenvalue weighted by Crippen LogP contribution is 2.38. The maximum atomic E-state index is 6.34. The lowest BCUT2D eigenvalue weighted by molar-refractivity contribution is 0.489. The van der Waals surface area contributed by atoms with E-state index in [9.17, 15) is 0 Å². The van der Waals surface area contributed by atoms with Crippen LogP contribution in [0.3, 0.4) is 0 Å². The van der Waals surface area contributed by atoms with E-state index in [0.717, 1.165) is 11.7 Å². The number of rotatable bonds is 3. The molecule has 0 unspecified atom stereocenters. The summed E-state index contributed by atoms with van der Waals surface area (Å²) >= 11 is 0. The molecule has 1 aromatic carbocycles. The molecule has 0 heterocycles.